The summed E-state index contributed by atoms with van der Waals surface area (Å²) in [6.45, 7) is 2.40. The number of ether oxygens (including phenoxy) is 1. The molecule has 0 aliphatic heterocycles. The molecule has 132 valence electrons. The molecule has 3 N–H and O–H groups in total. The van der Waals surface area contributed by atoms with E-state index >= 15 is 0 Å². The van der Waals surface area contributed by atoms with Gasteiger partial charge in [0, 0.05) is 24.0 Å². The van der Waals surface area contributed by atoms with Crippen LogP contribution in [0.15, 0.2) is 34.6 Å². The molecule has 1 heterocycles. The summed E-state index contributed by atoms with van der Waals surface area (Å²) >= 11 is 1.57. The van der Waals surface area contributed by atoms with E-state index in [0.29, 0.717) is 18.7 Å². The maximum absolute atomic E-state index is 12.1. The summed E-state index contributed by atoms with van der Waals surface area (Å²) in [6.07, 6.45) is -4.03. The van der Waals surface area contributed by atoms with Gasteiger partial charge in [-0.2, -0.15) is 0 Å². The van der Waals surface area contributed by atoms with Crippen LogP contribution in [0.25, 0.3) is 0 Å². The third-order valence-electron chi connectivity index (χ3n) is 2.68. The number of guanidine groups is 1. The van der Waals surface area contributed by atoms with Gasteiger partial charge in [0.2, 0.25) is 0 Å². The molecule has 10 heteroatoms. The third kappa shape index (κ3) is 7.34. The number of anilines is 1. The molecular formula is C14H16F3IN4OS. The van der Waals surface area contributed by atoms with E-state index in [-0.39, 0.29) is 35.7 Å². The molecule has 0 fully saturated rings. The molecule has 0 bridgehead atoms. The summed E-state index contributed by atoms with van der Waals surface area (Å²) in [5.41, 5.74) is 7.20. The van der Waals surface area contributed by atoms with Crippen LogP contribution in [0, 0.1) is 6.92 Å². The zero-order chi connectivity index (χ0) is 16.9. The average molecular weight is 472 g/mol. The van der Waals surface area contributed by atoms with Gasteiger partial charge >= 0.3 is 6.36 Å². The number of nitrogens with zero attached hydrogens (tertiary/aromatic N) is 2. The lowest BCUT2D eigenvalue weighted by molar-refractivity contribution is -0.274. The van der Waals surface area contributed by atoms with Crippen molar-refractivity contribution < 1.29 is 17.9 Å². The van der Waals surface area contributed by atoms with Crippen molar-refractivity contribution in [1.29, 1.82) is 0 Å². The summed E-state index contributed by atoms with van der Waals surface area (Å²) in [6, 6.07) is 5.24. The molecule has 24 heavy (non-hydrogen) atoms. The minimum atomic E-state index is -4.70. The van der Waals surface area contributed by atoms with E-state index in [1.165, 1.54) is 24.3 Å². The highest BCUT2D eigenvalue weighted by atomic mass is 127. The van der Waals surface area contributed by atoms with E-state index in [2.05, 4.69) is 20.0 Å². The summed E-state index contributed by atoms with van der Waals surface area (Å²) < 4.78 is 39.9. The Labute approximate surface area is 158 Å². The number of hydrogen-bond acceptors (Lipinski definition) is 4. The van der Waals surface area contributed by atoms with Crippen LogP contribution in [-0.4, -0.2) is 23.9 Å². The molecule has 2 rings (SSSR count). The van der Waals surface area contributed by atoms with E-state index < -0.39 is 6.36 Å². The van der Waals surface area contributed by atoms with Gasteiger partial charge < -0.3 is 15.8 Å². The fourth-order valence-corrected chi connectivity index (χ4v) is 2.39. The standard InChI is InChI=1S/C14H15F3N4OS.HI/c1-9-20-11(8-23-9)6-7-19-13(18)21-10-2-4-12(5-3-10)22-14(15,16)17;/h2-5,8H,6-7H2,1H3,(H3,18,19,21);1H. The van der Waals surface area contributed by atoms with Crippen LogP contribution in [-0.2, 0) is 6.42 Å². The summed E-state index contributed by atoms with van der Waals surface area (Å²) in [7, 11) is 0. The Hall–Kier alpha value is -1.56. The van der Waals surface area contributed by atoms with Gasteiger partial charge in [-0.05, 0) is 31.2 Å². The van der Waals surface area contributed by atoms with E-state index in [1.54, 1.807) is 11.3 Å². The van der Waals surface area contributed by atoms with E-state index in [0.717, 1.165) is 10.7 Å². The molecule has 0 aliphatic rings. The molecular weight excluding hydrogens is 456 g/mol. The number of nitrogens with two attached hydrogens (primary N) is 1. The van der Waals surface area contributed by atoms with Crippen LogP contribution >= 0.6 is 35.3 Å². The Bertz CT molecular complexity index is 673. The van der Waals surface area contributed by atoms with Crippen LogP contribution in [0.2, 0.25) is 0 Å². The van der Waals surface area contributed by atoms with Gasteiger partial charge in [-0.25, -0.2) is 4.98 Å². The normalized spacial score (nSPS) is 11.8. The first kappa shape index (κ1) is 20.5. The van der Waals surface area contributed by atoms with Crippen molar-refractivity contribution in [2.45, 2.75) is 19.7 Å². The van der Waals surface area contributed by atoms with E-state index in [9.17, 15) is 13.2 Å². The van der Waals surface area contributed by atoms with Crippen LogP contribution in [0.1, 0.15) is 10.7 Å². The van der Waals surface area contributed by atoms with E-state index in [4.69, 9.17) is 5.73 Å². The van der Waals surface area contributed by atoms with Gasteiger partial charge in [-0.3, -0.25) is 4.99 Å². The van der Waals surface area contributed by atoms with Gasteiger partial charge in [0.25, 0.3) is 0 Å². The maximum Gasteiger partial charge on any atom is 0.573 e. The lowest BCUT2D eigenvalue weighted by atomic mass is 10.3. The minimum Gasteiger partial charge on any atom is -0.406 e. The molecule has 0 atom stereocenters. The van der Waals surface area contributed by atoms with Gasteiger partial charge in [0.1, 0.15) is 5.75 Å². The van der Waals surface area contributed by atoms with Gasteiger partial charge in [-0.1, -0.05) is 0 Å². The highest BCUT2D eigenvalue weighted by molar-refractivity contribution is 14.0. The Morgan fingerprint density at radius 3 is 2.54 bits per heavy atom. The number of aliphatic imine (C=N–C) groups is 1. The Balaban J connectivity index is 0.00000288. The van der Waals surface area contributed by atoms with E-state index in [1.807, 2.05) is 12.3 Å². The van der Waals surface area contributed by atoms with Crippen molar-refractivity contribution in [3.05, 3.63) is 40.3 Å². The molecule has 2 aromatic rings. The predicted octanol–water partition coefficient (Wildman–Crippen LogP) is 3.94. The molecule has 5 nitrogen and oxygen atoms in total. The number of thiazole rings is 1. The maximum atomic E-state index is 12.1. The third-order valence-corrected chi connectivity index (χ3v) is 3.50. The monoisotopic (exact) mass is 472 g/mol. The number of aromatic nitrogens is 1. The molecule has 1 aromatic carbocycles. The summed E-state index contributed by atoms with van der Waals surface area (Å²) in [5, 5.41) is 5.76. The number of rotatable bonds is 5. The Kier molecular flexibility index (Phi) is 7.73. The predicted molar refractivity (Wildman–Crippen MR) is 99.2 cm³/mol. The first-order valence-electron chi connectivity index (χ1n) is 6.65. The Morgan fingerprint density at radius 1 is 1.33 bits per heavy atom. The Morgan fingerprint density at radius 2 is 2.00 bits per heavy atom. The largest absolute Gasteiger partial charge is 0.573 e. The van der Waals surface area contributed by atoms with Crippen LogP contribution in [0.5, 0.6) is 5.75 Å². The van der Waals surface area contributed by atoms with Crippen LogP contribution in [0.4, 0.5) is 18.9 Å². The topological polar surface area (TPSA) is 72.5 Å². The number of aryl methyl sites for hydroxylation is 1. The smallest absolute Gasteiger partial charge is 0.406 e. The van der Waals surface area contributed by atoms with Crippen LogP contribution in [0.3, 0.4) is 0 Å². The molecule has 0 saturated carbocycles. The van der Waals surface area contributed by atoms with Crippen molar-refractivity contribution in [2.75, 3.05) is 11.9 Å². The minimum absolute atomic E-state index is 0. The number of hydrogen-bond donors (Lipinski definition) is 2. The number of nitrogens with one attached hydrogen (secondary N) is 1. The molecule has 0 spiro atoms. The second-order valence-corrected chi connectivity index (χ2v) is 5.63. The van der Waals surface area contributed by atoms with Crippen molar-refractivity contribution >= 4 is 47.0 Å². The summed E-state index contributed by atoms with van der Waals surface area (Å²) in [4.78, 5) is 8.46. The number of benzene rings is 1. The van der Waals surface area contributed by atoms with Crippen molar-refractivity contribution in [1.82, 2.24) is 4.98 Å². The molecule has 0 saturated heterocycles. The van der Waals surface area contributed by atoms with Crippen molar-refractivity contribution in [3.8, 4) is 5.75 Å². The molecule has 0 amide bonds. The molecule has 1 aromatic heterocycles. The lowest BCUT2D eigenvalue weighted by Gasteiger charge is -2.10. The lowest BCUT2D eigenvalue weighted by Crippen LogP contribution is -2.23. The quantitative estimate of drug-likeness (QED) is 0.393. The fraction of sp³-hybridized carbons (Fsp3) is 0.286. The second kappa shape index (κ2) is 9.06. The van der Waals surface area contributed by atoms with Gasteiger partial charge in [0.05, 0.1) is 10.7 Å². The van der Waals surface area contributed by atoms with Crippen molar-refractivity contribution in [3.63, 3.8) is 0 Å². The highest BCUT2D eigenvalue weighted by Crippen LogP contribution is 2.23. The number of alkyl halides is 3. The molecule has 0 radical (unpaired) electrons. The average Bonchev–Trinajstić information content (AvgIpc) is 2.85. The molecule has 0 aliphatic carbocycles. The fourth-order valence-electron chi connectivity index (χ4n) is 1.74. The number of halogens is 4. The summed E-state index contributed by atoms with van der Waals surface area (Å²) in [5.74, 6) is -0.112. The van der Waals surface area contributed by atoms with Gasteiger partial charge in [-0.15, -0.1) is 48.5 Å². The highest BCUT2D eigenvalue weighted by Gasteiger charge is 2.30. The zero-order valence-corrected chi connectivity index (χ0v) is 15.8. The van der Waals surface area contributed by atoms with Gasteiger partial charge in [0.15, 0.2) is 5.96 Å². The SMILES string of the molecule is Cc1nc(CCN=C(N)Nc2ccc(OC(F)(F)F)cc2)cs1.I. The second-order valence-electron chi connectivity index (χ2n) is 4.57. The first-order valence-corrected chi connectivity index (χ1v) is 7.53. The van der Waals surface area contributed by atoms with Crippen molar-refractivity contribution in [2.24, 2.45) is 10.7 Å². The molecule has 0 unspecified atom stereocenters. The van der Waals surface area contributed by atoms with Crippen LogP contribution < -0.4 is 15.8 Å². The first-order chi connectivity index (χ1) is 10.8. The zero-order valence-electron chi connectivity index (χ0n) is 12.6.